The molecular formula is C18H19FN6OS. The van der Waals surface area contributed by atoms with Gasteiger partial charge in [-0.25, -0.2) is 14.4 Å². The molecule has 9 heteroatoms. The minimum absolute atomic E-state index is 0.00714. The molecule has 0 spiro atoms. The molecule has 140 valence electrons. The summed E-state index contributed by atoms with van der Waals surface area (Å²) in [5.74, 6) is -0.220. The first-order valence-electron chi connectivity index (χ1n) is 8.68. The molecule has 2 atom stereocenters. The van der Waals surface area contributed by atoms with Gasteiger partial charge in [0.2, 0.25) is 5.95 Å². The summed E-state index contributed by atoms with van der Waals surface area (Å²) in [5, 5.41) is 5.03. The number of thiophene rings is 1. The molecule has 0 bridgehead atoms. The van der Waals surface area contributed by atoms with E-state index in [0.717, 1.165) is 17.3 Å². The molecule has 1 unspecified atom stereocenters. The van der Waals surface area contributed by atoms with Crippen LogP contribution in [-0.4, -0.2) is 44.9 Å². The zero-order valence-electron chi connectivity index (χ0n) is 14.7. The van der Waals surface area contributed by atoms with Crippen molar-refractivity contribution in [2.75, 3.05) is 18.4 Å². The third-order valence-electron chi connectivity index (χ3n) is 4.59. The van der Waals surface area contributed by atoms with E-state index >= 15 is 0 Å². The average Bonchev–Trinajstić information content (AvgIpc) is 3.29. The maximum atomic E-state index is 13.4. The molecule has 4 rings (SSSR count). The summed E-state index contributed by atoms with van der Waals surface area (Å²) in [6.45, 7) is 3.02. The molecule has 3 aromatic heterocycles. The highest BCUT2D eigenvalue weighted by molar-refractivity contribution is 7.17. The van der Waals surface area contributed by atoms with Crippen LogP contribution in [0.1, 0.15) is 35.4 Å². The number of nitrogens with two attached hydrogens (primary N) is 1. The van der Waals surface area contributed by atoms with Crippen LogP contribution in [0.4, 0.5) is 10.3 Å². The van der Waals surface area contributed by atoms with Gasteiger partial charge in [-0.05, 0) is 36.4 Å². The highest BCUT2D eigenvalue weighted by Gasteiger charge is 2.28. The minimum Gasteiger partial charge on any atom is -0.348 e. The van der Waals surface area contributed by atoms with Gasteiger partial charge in [0.05, 0.1) is 22.5 Å². The first-order valence-corrected chi connectivity index (χ1v) is 9.56. The van der Waals surface area contributed by atoms with Gasteiger partial charge in [-0.15, -0.1) is 11.3 Å². The van der Waals surface area contributed by atoms with Crippen LogP contribution < -0.4 is 11.1 Å². The zero-order valence-corrected chi connectivity index (χ0v) is 15.5. The molecule has 1 amide bonds. The standard InChI is InChI=1S/C18H19FN6OS/c1-10(11-6-12(19)8-21-7-11)22-18-23-14-3-5-27-16(14)15(24-18)17(26)25-4-2-13(20)9-25/h3,5-8,10,13H,2,4,9,20H2,1H3,(H,22,23,24)/t10?,13-/m0/s1. The van der Waals surface area contributed by atoms with Gasteiger partial charge in [0, 0.05) is 25.3 Å². The Morgan fingerprint density at radius 2 is 2.30 bits per heavy atom. The molecule has 1 aliphatic rings. The molecule has 0 aliphatic carbocycles. The number of nitrogens with one attached hydrogen (secondary N) is 1. The summed E-state index contributed by atoms with van der Waals surface area (Å²) in [5.41, 5.74) is 7.68. The quantitative estimate of drug-likeness (QED) is 0.715. The van der Waals surface area contributed by atoms with E-state index in [1.54, 1.807) is 11.1 Å². The third-order valence-corrected chi connectivity index (χ3v) is 5.50. The average molecular weight is 386 g/mol. The van der Waals surface area contributed by atoms with Crippen LogP contribution in [0.15, 0.2) is 29.9 Å². The van der Waals surface area contributed by atoms with Crippen LogP contribution in [0.25, 0.3) is 10.2 Å². The molecule has 3 aromatic rings. The molecule has 1 saturated heterocycles. The number of pyridine rings is 1. The normalized spacial score (nSPS) is 18.0. The summed E-state index contributed by atoms with van der Waals surface area (Å²) in [6, 6.07) is 3.00. The number of rotatable bonds is 4. The monoisotopic (exact) mass is 386 g/mol. The lowest BCUT2D eigenvalue weighted by Crippen LogP contribution is -2.32. The number of fused-ring (bicyclic) bond motifs is 1. The van der Waals surface area contributed by atoms with Crippen molar-refractivity contribution in [2.45, 2.75) is 25.4 Å². The number of amides is 1. The number of halogens is 1. The number of carbonyl (C=O) groups is 1. The third kappa shape index (κ3) is 3.60. The first-order chi connectivity index (χ1) is 13.0. The summed E-state index contributed by atoms with van der Waals surface area (Å²) >= 11 is 1.44. The predicted octanol–water partition coefficient (Wildman–Crippen LogP) is 2.57. The summed E-state index contributed by atoms with van der Waals surface area (Å²) in [6.07, 6.45) is 3.53. The van der Waals surface area contributed by atoms with Gasteiger partial charge < -0.3 is 16.0 Å². The number of hydrogen-bond acceptors (Lipinski definition) is 7. The fourth-order valence-electron chi connectivity index (χ4n) is 3.14. The van der Waals surface area contributed by atoms with Crippen LogP contribution in [0.2, 0.25) is 0 Å². The van der Waals surface area contributed by atoms with Crippen molar-refractivity contribution in [3.63, 3.8) is 0 Å². The second-order valence-electron chi connectivity index (χ2n) is 6.63. The van der Waals surface area contributed by atoms with Crippen molar-refractivity contribution in [3.05, 3.63) is 47.0 Å². The fourth-order valence-corrected chi connectivity index (χ4v) is 3.95. The van der Waals surface area contributed by atoms with Gasteiger partial charge in [-0.3, -0.25) is 9.78 Å². The van der Waals surface area contributed by atoms with Crippen molar-refractivity contribution in [1.82, 2.24) is 19.9 Å². The Hall–Kier alpha value is -2.65. The Morgan fingerprint density at radius 1 is 1.44 bits per heavy atom. The number of anilines is 1. The molecule has 1 aliphatic heterocycles. The minimum atomic E-state index is -0.406. The highest BCUT2D eigenvalue weighted by atomic mass is 32.1. The predicted molar refractivity (Wildman–Crippen MR) is 102 cm³/mol. The lowest BCUT2D eigenvalue weighted by molar-refractivity contribution is 0.0787. The molecule has 4 heterocycles. The number of nitrogens with zero attached hydrogens (tertiary/aromatic N) is 4. The SMILES string of the molecule is CC(Nc1nc(C(=O)N2CC[C@H](N)C2)c2sccc2n1)c1cncc(F)c1. The van der Waals surface area contributed by atoms with E-state index in [2.05, 4.69) is 20.3 Å². The summed E-state index contributed by atoms with van der Waals surface area (Å²) in [4.78, 5) is 27.5. The summed E-state index contributed by atoms with van der Waals surface area (Å²) in [7, 11) is 0. The van der Waals surface area contributed by atoms with Gasteiger partial charge in [0.25, 0.3) is 5.91 Å². The lowest BCUT2D eigenvalue weighted by atomic mass is 10.1. The Labute approximate surface area is 159 Å². The number of hydrogen-bond donors (Lipinski definition) is 2. The smallest absolute Gasteiger partial charge is 0.274 e. The van der Waals surface area contributed by atoms with Crippen LogP contribution >= 0.6 is 11.3 Å². The van der Waals surface area contributed by atoms with E-state index in [1.165, 1.54) is 17.4 Å². The maximum Gasteiger partial charge on any atom is 0.274 e. The lowest BCUT2D eigenvalue weighted by Gasteiger charge is -2.18. The van der Waals surface area contributed by atoms with Crippen molar-refractivity contribution >= 4 is 33.4 Å². The van der Waals surface area contributed by atoms with Gasteiger partial charge in [0.1, 0.15) is 5.82 Å². The number of carbonyl (C=O) groups excluding carboxylic acids is 1. The molecule has 0 radical (unpaired) electrons. The molecule has 7 nitrogen and oxygen atoms in total. The number of likely N-dealkylation sites (tertiary alicyclic amines) is 1. The van der Waals surface area contributed by atoms with Gasteiger partial charge in [-0.1, -0.05) is 0 Å². The van der Waals surface area contributed by atoms with E-state index in [4.69, 9.17) is 5.73 Å². The Balaban J connectivity index is 1.65. The molecule has 0 aromatic carbocycles. The van der Waals surface area contributed by atoms with E-state index in [-0.39, 0.29) is 18.0 Å². The number of aromatic nitrogens is 3. The first kappa shape index (κ1) is 17.7. The molecule has 1 fully saturated rings. The molecular weight excluding hydrogens is 367 g/mol. The van der Waals surface area contributed by atoms with Crippen molar-refractivity contribution in [2.24, 2.45) is 5.73 Å². The van der Waals surface area contributed by atoms with Crippen LogP contribution in [0.5, 0.6) is 0 Å². The zero-order chi connectivity index (χ0) is 19.0. The maximum absolute atomic E-state index is 13.4. The van der Waals surface area contributed by atoms with Crippen LogP contribution in [0, 0.1) is 5.82 Å². The second-order valence-corrected chi connectivity index (χ2v) is 7.55. The van der Waals surface area contributed by atoms with Gasteiger partial charge in [0.15, 0.2) is 5.69 Å². The largest absolute Gasteiger partial charge is 0.348 e. The van der Waals surface area contributed by atoms with Crippen molar-refractivity contribution in [1.29, 1.82) is 0 Å². The Bertz CT molecular complexity index is 993. The highest BCUT2D eigenvalue weighted by Crippen LogP contribution is 2.27. The second kappa shape index (κ2) is 7.16. The molecule has 27 heavy (non-hydrogen) atoms. The van der Waals surface area contributed by atoms with Gasteiger partial charge >= 0.3 is 0 Å². The summed E-state index contributed by atoms with van der Waals surface area (Å²) < 4.78 is 14.2. The van der Waals surface area contributed by atoms with E-state index in [9.17, 15) is 9.18 Å². The van der Waals surface area contributed by atoms with Crippen LogP contribution in [-0.2, 0) is 0 Å². The van der Waals surface area contributed by atoms with E-state index in [1.807, 2.05) is 18.4 Å². The molecule has 0 saturated carbocycles. The molecule has 3 N–H and O–H groups in total. The van der Waals surface area contributed by atoms with Gasteiger partial charge in [-0.2, -0.15) is 0 Å². The Kier molecular flexibility index (Phi) is 4.71. The van der Waals surface area contributed by atoms with E-state index < -0.39 is 5.82 Å². The Morgan fingerprint density at radius 3 is 3.04 bits per heavy atom. The van der Waals surface area contributed by atoms with Crippen LogP contribution in [0.3, 0.4) is 0 Å². The van der Waals surface area contributed by atoms with Crippen molar-refractivity contribution in [3.8, 4) is 0 Å². The van der Waals surface area contributed by atoms with Crippen molar-refractivity contribution < 1.29 is 9.18 Å². The fraction of sp³-hybridized carbons (Fsp3) is 0.333. The van der Waals surface area contributed by atoms with E-state index in [0.29, 0.717) is 35.8 Å². The topological polar surface area (TPSA) is 97.0 Å².